The fourth-order valence-corrected chi connectivity index (χ4v) is 2.77. The van der Waals surface area contributed by atoms with Crippen LogP contribution in [0.5, 0.6) is 0 Å². The van der Waals surface area contributed by atoms with Crippen LogP contribution in [0.4, 0.5) is 0 Å². The van der Waals surface area contributed by atoms with Gasteiger partial charge in [-0.25, -0.2) is 0 Å². The highest BCUT2D eigenvalue weighted by Gasteiger charge is 2.25. The zero-order valence-corrected chi connectivity index (χ0v) is 10.2. The second kappa shape index (κ2) is 6.43. The quantitative estimate of drug-likeness (QED) is 0.743. The lowest BCUT2D eigenvalue weighted by Crippen LogP contribution is -2.23. The summed E-state index contributed by atoms with van der Waals surface area (Å²) in [6.45, 7) is 0.613. The number of hydrogen-bond donors (Lipinski definition) is 0. The van der Waals surface area contributed by atoms with Gasteiger partial charge in [0, 0.05) is 5.92 Å². The molecule has 0 aliphatic heterocycles. The molecule has 1 saturated carbocycles. The zero-order valence-electron chi connectivity index (χ0n) is 10.2. The topological polar surface area (TPSA) is 26.3 Å². The van der Waals surface area contributed by atoms with Crippen molar-refractivity contribution in [1.29, 1.82) is 0 Å². The normalized spacial score (nSPS) is 25.6. The van der Waals surface area contributed by atoms with Gasteiger partial charge in [-0.2, -0.15) is 0 Å². The third-order valence-corrected chi connectivity index (χ3v) is 3.66. The minimum atomic E-state index is 0.0650. The molecule has 0 N–H and O–H groups in total. The molecule has 1 aromatic carbocycles. The zero-order chi connectivity index (χ0) is 11.9. The molecule has 2 atom stereocenters. The fraction of sp³-hybridized carbons (Fsp3) is 0.533. The molecule has 0 aromatic heterocycles. The smallest absolute Gasteiger partial charge is 0.293 e. The first-order valence-electron chi connectivity index (χ1n) is 6.56. The second-order valence-corrected chi connectivity index (χ2v) is 4.78. The molecule has 2 unspecified atom stereocenters. The Labute approximate surface area is 103 Å². The predicted octanol–water partition coefficient (Wildman–Crippen LogP) is 3.67. The van der Waals surface area contributed by atoms with Gasteiger partial charge < -0.3 is 4.74 Å². The third kappa shape index (κ3) is 3.32. The Kier molecular flexibility index (Phi) is 4.60. The van der Waals surface area contributed by atoms with Crippen LogP contribution in [-0.2, 0) is 9.53 Å². The number of ether oxygens (including phenoxy) is 1. The van der Waals surface area contributed by atoms with E-state index in [1.165, 1.54) is 31.2 Å². The van der Waals surface area contributed by atoms with Gasteiger partial charge in [0.1, 0.15) is 6.10 Å². The number of carbonyl (C=O) groups excluding carboxylic acids is 1. The average Bonchev–Trinajstić information content (AvgIpc) is 2.34. The van der Waals surface area contributed by atoms with Crippen LogP contribution in [0.1, 0.15) is 50.0 Å². The van der Waals surface area contributed by atoms with Gasteiger partial charge in [0.25, 0.3) is 6.47 Å². The van der Waals surface area contributed by atoms with Crippen molar-refractivity contribution in [3.8, 4) is 0 Å². The molecule has 92 valence electrons. The van der Waals surface area contributed by atoms with Crippen LogP contribution in [0.3, 0.4) is 0 Å². The van der Waals surface area contributed by atoms with Gasteiger partial charge in [-0.05, 0) is 24.8 Å². The summed E-state index contributed by atoms with van der Waals surface area (Å²) in [5.74, 6) is 0.377. The Balaban J connectivity index is 2.15. The maximum Gasteiger partial charge on any atom is 0.293 e. The summed E-state index contributed by atoms with van der Waals surface area (Å²) >= 11 is 0. The van der Waals surface area contributed by atoms with Crippen LogP contribution < -0.4 is 0 Å². The molecule has 0 bridgehead atoms. The van der Waals surface area contributed by atoms with Gasteiger partial charge in [-0.3, -0.25) is 4.79 Å². The van der Waals surface area contributed by atoms with E-state index in [1.807, 2.05) is 6.07 Å². The molecule has 0 spiro atoms. The summed E-state index contributed by atoms with van der Waals surface area (Å²) in [5.41, 5.74) is 1.31. The maximum atomic E-state index is 10.6. The molecule has 1 fully saturated rings. The monoisotopic (exact) mass is 232 g/mol. The van der Waals surface area contributed by atoms with Crippen molar-refractivity contribution in [2.24, 2.45) is 0 Å². The number of hydrogen-bond acceptors (Lipinski definition) is 2. The van der Waals surface area contributed by atoms with E-state index in [0.29, 0.717) is 12.4 Å². The van der Waals surface area contributed by atoms with Gasteiger partial charge in [0.15, 0.2) is 0 Å². The summed E-state index contributed by atoms with van der Waals surface area (Å²) in [6.07, 6.45) is 7.16. The Morgan fingerprint density at radius 1 is 1.00 bits per heavy atom. The van der Waals surface area contributed by atoms with Crippen LogP contribution >= 0.6 is 0 Å². The number of rotatable bonds is 3. The van der Waals surface area contributed by atoms with Crippen LogP contribution in [0.2, 0.25) is 0 Å². The highest BCUT2D eigenvalue weighted by atomic mass is 16.5. The van der Waals surface area contributed by atoms with Gasteiger partial charge in [-0.15, -0.1) is 0 Å². The second-order valence-electron chi connectivity index (χ2n) is 4.78. The molecule has 2 nitrogen and oxygen atoms in total. The lowest BCUT2D eigenvalue weighted by Gasteiger charge is -2.28. The molecule has 0 radical (unpaired) electrons. The third-order valence-electron chi connectivity index (χ3n) is 3.66. The Bertz CT molecular complexity index is 334. The van der Waals surface area contributed by atoms with Crippen molar-refractivity contribution in [2.45, 2.75) is 50.5 Å². The molecule has 2 heteroatoms. The van der Waals surface area contributed by atoms with Crippen molar-refractivity contribution < 1.29 is 9.53 Å². The molecule has 0 saturated heterocycles. The summed E-state index contributed by atoms with van der Waals surface area (Å²) < 4.78 is 5.30. The minimum absolute atomic E-state index is 0.0650. The van der Waals surface area contributed by atoms with Crippen LogP contribution in [-0.4, -0.2) is 12.6 Å². The van der Waals surface area contributed by atoms with Crippen molar-refractivity contribution in [2.75, 3.05) is 0 Å². The fourth-order valence-electron chi connectivity index (χ4n) is 2.77. The highest BCUT2D eigenvalue weighted by molar-refractivity contribution is 5.38. The van der Waals surface area contributed by atoms with Crippen molar-refractivity contribution in [3.05, 3.63) is 35.9 Å². The summed E-state index contributed by atoms with van der Waals surface area (Å²) in [5, 5.41) is 0. The van der Waals surface area contributed by atoms with Crippen LogP contribution in [0.15, 0.2) is 30.3 Å². The predicted molar refractivity (Wildman–Crippen MR) is 67.8 cm³/mol. The molecule has 1 aliphatic carbocycles. The lowest BCUT2D eigenvalue weighted by atomic mass is 9.84. The van der Waals surface area contributed by atoms with Crippen molar-refractivity contribution in [3.63, 3.8) is 0 Å². The number of carbonyl (C=O) groups is 1. The van der Waals surface area contributed by atoms with Crippen LogP contribution in [0, 0.1) is 0 Å². The largest absolute Gasteiger partial charge is 0.464 e. The Hall–Kier alpha value is -1.31. The summed E-state index contributed by atoms with van der Waals surface area (Å²) in [7, 11) is 0. The maximum absolute atomic E-state index is 10.6. The standard InChI is InChI=1S/C15H20O2/c16-12-17-15-11-7-2-1-6-10-14(15)13-8-4-3-5-9-13/h3-5,8-9,12,14-15H,1-2,6-7,10-11H2. The van der Waals surface area contributed by atoms with E-state index in [4.69, 9.17) is 4.74 Å². The molecular formula is C15H20O2. The first-order chi connectivity index (χ1) is 8.42. The van der Waals surface area contributed by atoms with Gasteiger partial charge in [0.05, 0.1) is 0 Å². The first kappa shape index (κ1) is 12.2. The molecule has 1 aromatic rings. The van der Waals surface area contributed by atoms with Crippen LogP contribution in [0.25, 0.3) is 0 Å². The van der Waals surface area contributed by atoms with E-state index < -0.39 is 0 Å². The van der Waals surface area contributed by atoms with E-state index in [9.17, 15) is 4.79 Å². The summed E-state index contributed by atoms with van der Waals surface area (Å²) in [6, 6.07) is 10.4. The van der Waals surface area contributed by atoms with Crippen molar-refractivity contribution in [1.82, 2.24) is 0 Å². The molecule has 0 amide bonds. The molecule has 17 heavy (non-hydrogen) atoms. The van der Waals surface area contributed by atoms with Gasteiger partial charge in [0.2, 0.25) is 0 Å². The average molecular weight is 232 g/mol. The van der Waals surface area contributed by atoms with E-state index in [1.54, 1.807) is 0 Å². The van der Waals surface area contributed by atoms with Crippen molar-refractivity contribution >= 4 is 6.47 Å². The number of benzene rings is 1. The molecule has 0 heterocycles. The first-order valence-corrected chi connectivity index (χ1v) is 6.56. The van der Waals surface area contributed by atoms with E-state index in [-0.39, 0.29) is 6.10 Å². The van der Waals surface area contributed by atoms with E-state index >= 15 is 0 Å². The minimum Gasteiger partial charge on any atom is -0.464 e. The lowest BCUT2D eigenvalue weighted by molar-refractivity contribution is -0.135. The Morgan fingerprint density at radius 2 is 1.71 bits per heavy atom. The molecule has 1 aliphatic rings. The Morgan fingerprint density at radius 3 is 2.41 bits per heavy atom. The molecular weight excluding hydrogens is 212 g/mol. The van der Waals surface area contributed by atoms with E-state index in [0.717, 1.165) is 12.8 Å². The highest BCUT2D eigenvalue weighted by Crippen LogP contribution is 2.32. The molecule has 2 rings (SSSR count). The van der Waals surface area contributed by atoms with Gasteiger partial charge in [-0.1, -0.05) is 49.6 Å². The van der Waals surface area contributed by atoms with E-state index in [2.05, 4.69) is 24.3 Å². The van der Waals surface area contributed by atoms with Gasteiger partial charge >= 0.3 is 0 Å². The SMILES string of the molecule is O=COC1CCCCCCC1c1ccccc1. The summed E-state index contributed by atoms with van der Waals surface area (Å²) in [4.78, 5) is 10.6.